The van der Waals surface area contributed by atoms with Crippen LogP contribution in [-0.2, 0) is 9.59 Å². The highest BCUT2D eigenvalue weighted by atomic mass is 35.5. The molecule has 1 saturated heterocycles. The van der Waals surface area contributed by atoms with Crippen LogP contribution in [0.1, 0.15) is 5.56 Å². The molecule has 0 radical (unpaired) electrons. The van der Waals surface area contributed by atoms with Gasteiger partial charge in [-0.15, -0.1) is 0 Å². The fourth-order valence-electron chi connectivity index (χ4n) is 2.40. The number of rotatable bonds is 3. The molecule has 3 rings (SSSR count). The van der Waals surface area contributed by atoms with Gasteiger partial charge in [-0.2, -0.15) is 0 Å². The maximum Gasteiger partial charge on any atom is 0.282 e. The van der Waals surface area contributed by atoms with Crippen LogP contribution in [0.3, 0.4) is 0 Å². The summed E-state index contributed by atoms with van der Waals surface area (Å²) in [6.45, 7) is 0. The Kier molecular flexibility index (Phi) is 4.70. The van der Waals surface area contributed by atoms with Crippen LogP contribution in [0.4, 0.5) is 11.4 Å². The number of benzene rings is 2. The van der Waals surface area contributed by atoms with Crippen LogP contribution in [0.25, 0.3) is 6.08 Å². The lowest BCUT2D eigenvalue weighted by Gasteiger charge is -2.15. The number of anilines is 2. The Hall–Kier alpha value is -2.50. The molecule has 0 unspecified atom stereocenters. The quantitative estimate of drug-likeness (QED) is 0.659. The summed E-state index contributed by atoms with van der Waals surface area (Å²) >= 11 is 11.9. The predicted molar refractivity (Wildman–Crippen MR) is 101 cm³/mol. The second-order valence-corrected chi connectivity index (χ2v) is 6.54. The molecular formula is C18H15Cl2N3O2. The zero-order valence-electron chi connectivity index (χ0n) is 13.6. The maximum absolute atomic E-state index is 12.6. The Morgan fingerprint density at radius 3 is 2.28 bits per heavy atom. The molecular weight excluding hydrogens is 361 g/mol. The summed E-state index contributed by atoms with van der Waals surface area (Å²) in [6, 6.07) is 12.2. The Labute approximate surface area is 155 Å². The van der Waals surface area contributed by atoms with Gasteiger partial charge in [0.25, 0.3) is 11.8 Å². The van der Waals surface area contributed by atoms with E-state index in [1.165, 1.54) is 6.07 Å². The van der Waals surface area contributed by atoms with Crippen molar-refractivity contribution in [1.29, 1.82) is 0 Å². The van der Waals surface area contributed by atoms with Gasteiger partial charge in [0.2, 0.25) is 0 Å². The van der Waals surface area contributed by atoms with Crippen molar-refractivity contribution < 1.29 is 9.59 Å². The monoisotopic (exact) mass is 375 g/mol. The molecule has 0 aromatic heterocycles. The van der Waals surface area contributed by atoms with Gasteiger partial charge in [0.1, 0.15) is 5.57 Å². The molecule has 1 N–H and O–H groups in total. The number of hydrogen-bond donors (Lipinski definition) is 1. The number of amides is 2. The number of nitrogens with zero attached hydrogens (tertiary/aromatic N) is 2. The van der Waals surface area contributed by atoms with Gasteiger partial charge in [0.15, 0.2) is 0 Å². The number of halogens is 2. The van der Waals surface area contributed by atoms with Crippen LogP contribution in [-0.4, -0.2) is 25.9 Å². The standard InChI is InChI=1S/C18H15Cl2N3O2/c1-22(2)12-5-3-11(4-6-12)9-14-17(24)21-23(18(14)25)13-7-8-15(19)16(20)10-13/h3-10H,1-2H3,(H,21,24). The average Bonchev–Trinajstić information content (AvgIpc) is 2.86. The van der Waals surface area contributed by atoms with E-state index in [-0.39, 0.29) is 5.57 Å². The SMILES string of the molecule is CN(C)c1ccc(C=C2C(=O)NN(c3ccc(Cl)c(Cl)c3)C2=O)cc1. The minimum Gasteiger partial charge on any atom is -0.378 e. The van der Waals surface area contributed by atoms with Crippen molar-refractivity contribution in [2.75, 3.05) is 24.0 Å². The van der Waals surface area contributed by atoms with Gasteiger partial charge in [-0.05, 0) is 42.0 Å². The van der Waals surface area contributed by atoms with E-state index in [4.69, 9.17) is 23.2 Å². The predicted octanol–water partition coefficient (Wildman–Crippen LogP) is 3.52. The summed E-state index contributed by atoms with van der Waals surface area (Å²) < 4.78 is 0. The van der Waals surface area contributed by atoms with Crippen LogP contribution >= 0.6 is 23.2 Å². The third-order valence-corrected chi connectivity index (χ3v) is 4.51. The number of carbonyl (C=O) groups excluding carboxylic acids is 2. The highest BCUT2D eigenvalue weighted by molar-refractivity contribution is 6.42. The van der Waals surface area contributed by atoms with Crippen molar-refractivity contribution in [2.24, 2.45) is 0 Å². The van der Waals surface area contributed by atoms with Gasteiger partial charge in [-0.3, -0.25) is 15.0 Å². The summed E-state index contributed by atoms with van der Waals surface area (Å²) in [5.74, 6) is -0.909. The van der Waals surface area contributed by atoms with E-state index in [0.717, 1.165) is 16.3 Å². The van der Waals surface area contributed by atoms with Crippen molar-refractivity contribution in [3.05, 3.63) is 63.6 Å². The topological polar surface area (TPSA) is 52.7 Å². The van der Waals surface area contributed by atoms with Crippen LogP contribution < -0.4 is 15.3 Å². The van der Waals surface area contributed by atoms with E-state index >= 15 is 0 Å². The number of nitrogens with one attached hydrogen (secondary N) is 1. The van der Waals surface area contributed by atoms with Gasteiger partial charge < -0.3 is 4.90 Å². The third-order valence-electron chi connectivity index (χ3n) is 3.77. The lowest BCUT2D eigenvalue weighted by atomic mass is 10.1. The first-order valence-electron chi connectivity index (χ1n) is 7.46. The first-order valence-corrected chi connectivity index (χ1v) is 8.22. The number of carbonyl (C=O) groups is 2. The lowest BCUT2D eigenvalue weighted by Crippen LogP contribution is -2.35. The van der Waals surface area contributed by atoms with Crippen LogP contribution in [0.15, 0.2) is 48.0 Å². The van der Waals surface area contributed by atoms with Crippen molar-refractivity contribution in [1.82, 2.24) is 5.43 Å². The number of hydrazine groups is 1. The van der Waals surface area contributed by atoms with Gasteiger partial charge >= 0.3 is 0 Å². The van der Waals surface area contributed by atoms with E-state index < -0.39 is 11.8 Å². The van der Waals surface area contributed by atoms with Gasteiger partial charge in [-0.1, -0.05) is 35.3 Å². The van der Waals surface area contributed by atoms with Gasteiger partial charge in [-0.25, -0.2) is 5.01 Å². The molecule has 2 aromatic carbocycles. The molecule has 1 aliphatic heterocycles. The normalized spacial score (nSPS) is 15.7. The summed E-state index contributed by atoms with van der Waals surface area (Å²) in [6.07, 6.45) is 1.56. The molecule has 1 heterocycles. The second-order valence-electron chi connectivity index (χ2n) is 5.72. The minimum absolute atomic E-state index is 0.0590. The molecule has 1 fully saturated rings. The molecule has 0 saturated carbocycles. The minimum atomic E-state index is -0.465. The van der Waals surface area contributed by atoms with E-state index in [1.807, 2.05) is 43.3 Å². The molecule has 0 aliphatic carbocycles. The van der Waals surface area contributed by atoms with Crippen LogP contribution in [0, 0.1) is 0 Å². The van der Waals surface area contributed by atoms with Crippen molar-refractivity contribution >= 4 is 52.5 Å². The van der Waals surface area contributed by atoms with E-state index in [9.17, 15) is 9.59 Å². The molecule has 7 heteroatoms. The van der Waals surface area contributed by atoms with Gasteiger partial charge in [0.05, 0.1) is 15.7 Å². The summed E-state index contributed by atoms with van der Waals surface area (Å²) in [4.78, 5) is 26.7. The smallest absolute Gasteiger partial charge is 0.282 e. The van der Waals surface area contributed by atoms with E-state index in [2.05, 4.69) is 5.43 Å². The molecule has 2 aromatic rings. The summed E-state index contributed by atoms with van der Waals surface area (Å²) in [5, 5.41) is 1.84. The molecule has 128 valence electrons. The molecule has 25 heavy (non-hydrogen) atoms. The summed E-state index contributed by atoms with van der Waals surface area (Å²) in [5.41, 5.74) is 4.83. The van der Waals surface area contributed by atoms with Crippen LogP contribution in [0.5, 0.6) is 0 Å². The Morgan fingerprint density at radius 1 is 1.00 bits per heavy atom. The second kappa shape index (κ2) is 6.78. The van der Waals surface area contributed by atoms with Crippen molar-refractivity contribution in [3.63, 3.8) is 0 Å². The molecule has 1 aliphatic rings. The first kappa shape index (κ1) is 17.3. The average molecular weight is 376 g/mol. The van der Waals surface area contributed by atoms with E-state index in [1.54, 1.807) is 18.2 Å². The summed E-state index contributed by atoms with van der Waals surface area (Å²) in [7, 11) is 3.88. The largest absolute Gasteiger partial charge is 0.378 e. The Bertz CT molecular complexity index is 876. The fourth-order valence-corrected chi connectivity index (χ4v) is 2.69. The van der Waals surface area contributed by atoms with E-state index in [0.29, 0.717) is 15.7 Å². The number of hydrogen-bond acceptors (Lipinski definition) is 3. The molecule has 0 bridgehead atoms. The Morgan fingerprint density at radius 2 is 1.68 bits per heavy atom. The molecule has 2 amide bonds. The van der Waals surface area contributed by atoms with Crippen LogP contribution in [0.2, 0.25) is 10.0 Å². The third kappa shape index (κ3) is 3.48. The lowest BCUT2D eigenvalue weighted by molar-refractivity contribution is -0.117. The highest BCUT2D eigenvalue weighted by Gasteiger charge is 2.34. The molecule has 0 atom stereocenters. The van der Waals surface area contributed by atoms with Gasteiger partial charge in [0, 0.05) is 19.8 Å². The zero-order valence-corrected chi connectivity index (χ0v) is 15.1. The first-order chi connectivity index (χ1) is 11.9. The highest BCUT2D eigenvalue weighted by Crippen LogP contribution is 2.29. The van der Waals surface area contributed by atoms with Crippen molar-refractivity contribution in [2.45, 2.75) is 0 Å². The molecule has 0 spiro atoms. The van der Waals surface area contributed by atoms with Crippen molar-refractivity contribution in [3.8, 4) is 0 Å². The fraction of sp³-hybridized carbons (Fsp3) is 0.111. The molecule has 5 nitrogen and oxygen atoms in total. The Balaban J connectivity index is 1.89. The zero-order chi connectivity index (χ0) is 18.1. The maximum atomic E-state index is 12.6.